The molecule has 1 rings (SSSR count). The average molecular weight is 545 g/mol. The number of hydrogen-bond acceptors (Lipinski definition) is 5. The fraction of sp³-hybridized carbons (Fsp3) is 0.615. The van der Waals surface area contributed by atoms with E-state index in [0.29, 0.717) is 12.0 Å². The maximum absolute atomic E-state index is 12.7. The van der Waals surface area contributed by atoms with Crippen LogP contribution in [0.4, 0.5) is 13.2 Å². The second-order valence-corrected chi connectivity index (χ2v) is 9.04. The summed E-state index contributed by atoms with van der Waals surface area (Å²) in [7, 11) is 0. The van der Waals surface area contributed by atoms with Crippen molar-refractivity contribution in [3.05, 3.63) is 35.9 Å². The normalized spacial score (nSPS) is 12.8. The summed E-state index contributed by atoms with van der Waals surface area (Å²) in [6, 6.07) is 7.64. The van der Waals surface area contributed by atoms with E-state index < -0.39 is 49.1 Å². The van der Waals surface area contributed by atoms with Crippen LogP contribution in [0.1, 0.15) is 63.9 Å². The minimum Gasteiger partial charge on any atom is -0.382 e. The van der Waals surface area contributed by atoms with Gasteiger partial charge >= 0.3 is 6.18 Å². The Morgan fingerprint density at radius 3 is 2.05 bits per heavy atom. The van der Waals surface area contributed by atoms with Gasteiger partial charge in [-0.05, 0) is 12.0 Å². The first kappa shape index (κ1) is 32.9. The van der Waals surface area contributed by atoms with E-state index in [0.717, 1.165) is 25.7 Å². The highest BCUT2D eigenvalue weighted by Crippen LogP contribution is 2.19. The van der Waals surface area contributed by atoms with Gasteiger partial charge in [-0.3, -0.25) is 19.2 Å². The molecule has 2 unspecified atom stereocenters. The highest BCUT2D eigenvalue weighted by Gasteiger charge is 2.38. The molecular weight excluding hydrogens is 505 g/mol. The zero-order chi connectivity index (χ0) is 28.4. The van der Waals surface area contributed by atoms with Gasteiger partial charge in [0.1, 0.15) is 6.04 Å². The zero-order valence-electron chi connectivity index (χ0n) is 21.7. The molecule has 5 N–H and O–H groups in total. The lowest BCUT2D eigenvalue weighted by atomic mass is 10.1. The smallest absolute Gasteiger partial charge is 0.382 e. The molecule has 12 heteroatoms. The summed E-state index contributed by atoms with van der Waals surface area (Å²) in [6.07, 6.45) is 0.191. The lowest BCUT2D eigenvalue weighted by molar-refractivity contribution is -0.201. The molecule has 0 radical (unpaired) electrons. The maximum Gasteiger partial charge on any atom is 0.416 e. The summed E-state index contributed by atoms with van der Waals surface area (Å²) in [5.41, 5.74) is 0.716. The van der Waals surface area contributed by atoms with E-state index in [4.69, 9.17) is 5.11 Å². The van der Waals surface area contributed by atoms with Crippen molar-refractivity contribution in [3.63, 3.8) is 0 Å². The minimum atomic E-state index is -4.88. The maximum atomic E-state index is 12.7. The number of carbonyl (C=O) groups is 4. The number of aliphatic hydroxyl groups is 1. The molecule has 0 saturated heterocycles. The van der Waals surface area contributed by atoms with Crippen molar-refractivity contribution in [1.82, 2.24) is 21.3 Å². The molecule has 1 aromatic rings. The second-order valence-electron chi connectivity index (χ2n) is 9.04. The Morgan fingerprint density at radius 1 is 0.816 bits per heavy atom. The molecule has 38 heavy (non-hydrogen) atoms. The van der Waals surface area contributed by atoms with Crippen molar-refractivity contribution in [1.29, 1.82) is 0 Å². The number of aliphatic hydroxyl groups excluding tert-OH is 1. The summed E-state index contributed by atoms with van der Waals surface area (Å²) >= 11 is 0. The van der Waals surface area contributed by atoms with Gasteiger partial charge in [-0.15, -0.1) is 0 Å². The van der Waals surface area contributed by atoms with E-state index >= 15 is 0 Å². The second kappa shape index (κ2) is 18.2. The number of nitrogens with one attached hydrogen (secondary N) is 4. The van der Waals surface area contributed by atoms with Crippen molar-refractivity contribution in [2.75, 3.05) is 19.6 Å². The van der Waals surface area contributed by atoms with Gasteiger partial charge in [0.05, 0.1) is 19.6 Å². The van der Waals surface area contributed by atoms with E-state index in [1.807, 2.05) is 5.32 Å². The number of halogens is 3. The molecule has 0 fully saturated rings. The van der Waals surface area contributed by atoms with Gasteiger partial charge in [0, 0.05) is 12.8 Å². The zero-order valence-corrected chi connectivity index (χ0v) is 21.7. The highest BCUT2D eigenvalue weighted by atomic mass is 19.4. The molecule has 4 amide bonds. The minimum absolute atomic E-state index is 0.0821. The van der Waals surface area contributed by atoms with Crippen molar-refractivity contribution in [3.8, 4) is 0 Å². The van der Waals surface area contributed by atoms with Gasteiger partial charge in [-0.1, -0.05) is 75.8 Å². The molecule has 0 spiro atoms. The summed E-state index contributed by atoms with van der Waals surface area (Å²) in [5, 5.41) is 18.2. The van der Waals surface area contributed by atoms with Crippen molar-refractivity contribution in [2.24, 2.45) is 0 Å². The molecule has 0 aliphatic rings. The number of unbranched alkanes of at least 4 members (excludes halogenated alkanes) is 6. The topological polar surface area (TPSA) is 137 Å². The van der Waals surface area contributed by atoms with Gasteiger partial charge in [0.2, 0.25) is 23.6 Å². The fourth-order valence-corrected chi connectivity index (χ4v) is 3.49. The molecule has 0 aliphatic carbocycles. The first-order valence-corrected chi connectivity index (χ1v) is 12.9. The SMILES string of the molecule is CCCCCCCCCC(=O)NCC(=O)NC(Cc1ccccc1)C(=O)NCC(=O)NCC(O)C(F)(F)F. The van der Waals surface area contributed by atoms with Crippen LogP contribution in [0.2, 0.25) is 0 Å². The van der Waals surface area contributed by atoms with E-state index in [1.165, 1.54) is 19.3 Å². The molecule has 0 heterocycles. The third kappa shape index (κ3) is 15.2. The summed E-state index contributed by atoms with van der Waals surface area (Å²) in [6.45, 7) is 0.110. The molecule has 9 nitrogen and oxygen atoms in total. The Hall–Kier alpha value is -3.15. The van der Waals surface area contributed by atoms with Crippen LogP contribution in [-0.4, -0.2) is 66.7 Å². The number of amides is 4. The lowest BCUT2D eigenvalue weighted by Crippen LogP contribution is -2.52. The van der Waals surface area contributed by atoms with Gasteiger partial charge in [0.25, 0.3) is 0 Å². The largest absolute Gasteiger partial charge is 0.416 e. The summed E-state index contributed by atoms with van der Waals surface area (Å²) < 4.78 is 37.1. The van der Waals surface area contributed by atoms with Crippen molar-refractivity contribution in [2.45, 2.75) is 83.0 Å². The molecule has 1 aromatic carbocycles. The first-order chi connectivity index (χ1) is 18.0. The Morgan fingerprint density at radius 2 is 1.42 bits per heavy atom. The average Bonchev–Trinajstić information content (AvgIpc) is 2.88. The molecule has 0 aromatic heterocycles. The predicted octanol–water partition coefficient (Wildman–Crippen LogP) is 2.13. The third-order valence-electron chi connectivity index (χ3n) is 5.68. The summed E-state index contributed by atoms with van der Waals surface area (Å²) in [4.78, 5) is 48.9. The number of carbonyl (C=O) groups excluding carboxylic acids is 4. The number of rotatable bonds is 18. The Kier molecular flexibility index (Phi) is 15.7. The number of benzene rings is 1. The van der Waals surface area contributed by atoms with Crippen molar-refractivity contribution >= 4 is 23.6 Å². The number of alkyl halides is 3. The van der Waals surface area contributed by atoms with Crippen LogP contribution in [-0.2, 0) is 25.6 Å². The van der Waals surface area contributed by atoms with Crippen LogP contribution in [0.25, 0.3) is 0 Å². The van der Waals surface area contributed by atoms with Crippen LogP contribution in [0.3, 0.4) is 0 Å². The Balaban J connectivity index is 2.51. The fourth-order valence-electron chi connectivity index (χ4n) is 3.49. The molecular formula is C26H39F3N4O5. The van der Waals surface area contributed by atoms with Gasteiger partial charge < -0.3 is 26.4 Å². The van der Waals surface area contributed by atoms with E-state index in [9.17, 15) is 32.3 Å². The van der Waals surface area contributed by atoms with E-state index in [2.05, 4.69) is 22.9 Å². The molecule has 2 atom stereocenters. The lowest BCUT2D eigenvalue weighted by Gasteiger charge is -2.19. The monoisotopic (exact) mass is 544 g/mol. The molecule has 0 saturated carbocycles. The molecule has 214 valence electrons. The van der Waals surface area contributed by atoms with Crippen LogP contribution >= 0.6 is 0 Å². The van der Waals surface area contributed by atoms with Gasteiger partial charge in [0.15, 0.2) is 6.10 Å². The van der Waals surface area contributed by atoms with E-state index in [-0.39, 0.29) is 18.9 Å². The first-order valence-electron chi connectivity index (χ1n) is 12.9. The molecule has 0 aliphatic heterocycles. The quantitative estimate of drug-likeness (QED) is 0.180. The van der Waals surface area contributed by atoms with Crippen molar-refractivity contribution < 1.29 is 37.5 Å². The van der Waals surface area contributed by atoms with Crippen LogP contribution in [0.15, 0.2) is 30.3 Å². The highest BCUT2D eigenvalue weighted by molar-refractivity contribution is 5.92. The predicted molar refractivity (Wildman–Crippen MR) is 136 cm³/mol. The number of hydrogen-bond donors (Lipinski definition) is 5. The van der Waals surface area contributed by atoms with Crippen LogP contribution in [0.5, 0.6) is 0 Å². The van der Waals surface area contributed by atoms with Crippen LogP contribution in [0, 0.1) is 0 Å². The third-order valence-corrected chi connectivity index (χ3v) is 5.68. The van der Waals surface area contributed by atoms with Gasteiger partial charge in [-0.2, -0.15) is 13.2 Å². The Bertz CT molecular complexity index is 868. The molecule has 0 bridgehead atoms. The van der Waals surface area contributed by atoms with Crippen LogP contribution < -0.4 is 21.3 Å². The van der Waals surface area contributed by atoms with Gasteiger partial charge in [-0.25, -0.2) is 0 Å². The van der Waals surface area contributed by atoms with E-state index in [1.54, 1.807) is 30.3 Å². The Labute approximate surface area is 221 Å². The summed E-state index contributed by atoms with van der Waals surface area (Å²) in [5.74, 6) is -2.55. The standard InChI is InChI=1S/C26H39F3N4O5/c1-2-3-4-5-6-7-11-14-22(35)31-18-24(37)33-20(15-19-12-9-8-10-13-19)25(38)32-17-23(36)30-16-21(34)26(27,28)29/h8-10,12-13,20-21,34H,2-7,11,14-18H2,1H3,(H,30,36)(H,31,35)(H,32,38)(H,33,37).